The maximum atomic E-state index is 13.3. The Morgan fingerprint density at radius 3 is 2.53 bits per heavy atom. The molecule has 6 nitrogen and oxygen atoms in total. The molecule has 0 atom stereocenters. The lowest BCUT2D eigenvalue weighted by Gasteiger charge is -2.07. The van der Waals surface area contributed by atoms with Crippen molar-refractivity contribution in [2.75, 3.05) is 0 Å². The standard InChI is InChI=1S/C11H9FN2O4S/c12-8-4-1-2-6-10(8)19(16,17)14-13-11(15)9-5-3-7-18-9/h1-7,14H,(H,13,15). The van der Waals surface area contributed by atoms with Crippen LogP contribution in [0, 0.1) is 5.82 Å². The van der Waals surface area contributed by atoms with E-state index in [0.29, 0.717) is 0 Å². The normalized spacial score (nSPS) is 11.2. The van der Waals surface area contributed by atoms with Gasteiger partial charge in [-0.2, -0.15) is 0 Å². The molecule has 2 N–H and O–H groups in total. The molecule has 1 aromatic carbocycles. The molecule has 0 saturated carbocycles. The summed E-state index contributed by atoms with van der Waals surface area (Å²) in [5.74, 6) is -1.77. The second kappa shape index (κ2) is 5.21. The lowest BCUT2D eigenvalue weighted by Crippen LogP contribution is -2.41. The van der Waals surface area contributed by atoms with E-state index in [0.717, 1.165) is 12.1 Å². The van der Waals surface area contributed by atoms with Gasteiger partial charge in [0.15, 0.2) is 5.76 Å². The number of rotatable bonds is 4. The van der Waals surface area contributed by atoms with E-state index in [1.165, 1.54) is 30.5 Å². The Labute approximate surface area is 108 Å². The Hall–Kier alpha value is -2.19. The quantitative estimate of drug-likeness (QED) is 0.821. The van der Waals surface area contributed by atoms with E-state index in [1.54, 1.807) is 4.83 Å². The molecule has 0 aliphatic heterocycles. The van der Waals surface area contributed by atoms with E-state index < -0.39 is 26.6 Å². The van der Waals surface area contributed by atoms with Gasteiger partial charge in [0.25, 0.3) is 10.0 Å². The molecule has 1 amide bonds. The van der Waals surface area contributed by atoms with Gasteiger partial charge in [-0.25, -0.2) is 12.8 Å². The number of hydrogen-bond donors (Lipinski definition) is 2. The molecule has 0 fully saturated rings. The summed E-state index contributed by atoms with van der Waals surface area (Å²) in [7, 11) is -4.18. The van der Waals surface area contributed by atoms with Gasteiger partial charge in [-0.15, -0.1) is 4.83 Å². The molecule has 0 spiro atoms. The van der Waals surface area contributed by atoms with Gasteiger partial charge in [0.2, 0.25) is 0 Å². The Balaban J connectivity index is 2.11. The zero-order chi connectivity index (χ0) is 13.9. The molecule has 1 aromatic heterocycles. The molecule has 1 heterocycles. The van der Waals surface area contributed by atoms with E-state index in [9.17, 15) is 17.6 Å². The van der Waals surface area contributed by atoms with Gasteiger partial charge in [0.1, 0.15) is 10.7 Å². The third kappa shape index (κ3) is 2.98. The van der Waals surface area contributed by atoms with Crippen molar-refractivity contribution in [2.45, 2.75) is 4.90 Å². The zero-order valence-electron chi connectivity index (χ0n) is 9.46. The molecule has 8 heteroatoms. The van der Waals surface area contributed by atoms with Gasteiger partial charge < -0.3 is 4.42 Å². The highest BCUT2D eigenvalue weighted by molar-refractivity contribution is 7.89. The second-order valence-electron chi connectivity index (χ2n) is 3.47. The summed E-state index contributed by atoms with van der Waals surface area (Å²) >= 11 is 0. The maximum Gasteiger partial charge on any atom is 0.301 e. The van der Waals surface area contributed by atoms with E-state index in [1.807, 2.05) is 5.43 Å². The van der Waals surface area contributed by atoms with Crippen molar-refractivity contribution < 1.29 is 22.0 Å². The molecule has 100 valence electrons. The lowest BCUT2D eigenvalue weighted by molar-refractivity contribution is 0.0917. The summed E-state index contributed by atoms with van der Waals surface area (Å²) in [5.41, 5.74) is 1.91. The first-order valence-corrected chi connectivity index (χ1v) is 6.59. The fourth-order valence-electron chi connectivity index (χ4n) is 1.30. The number of carbonyl (C=O) groups is 1. The highest BCUT2D eigenvalue weighted by Crippen LogP contribution is 2.12. The molecule has 2 rings (SSSR count). The number of halogens is 1. The van der Waals surface area contributed by atoms with Crippen LogP contribution in [-0.2, 0) is 10.0 Å². The zero-order valence-corrected chi connectivity index (χ0v) is 10.3. The smallest absolute Gasteiger partial charge is 0.301 e. The number of nitrogens with one attached hydrogen (secondary N) is 2. The average molecular weight is 284 g/mol. The van der Waals surface area contributed by atoms with Crippen LogP contribution in [0.2, 0.25) is 0 Å². The fourth-order valence-corrected chi connectivity index (χ4v) is 2.22. The molecule has 0 aliphatic rings. The largest absolute Gasteiger partial charge is 0.459 e. The van der Waals surface area contributed by atoms with Crippen LogP contribution in [0.15, 0.2) is 52.0 Å². The molecule has 2 aromatic rings. The Morgan fingerprint density at radius 1 is 1.16 bits per heavy atom. The van der Waals surface area contributed by atoms with Crippen LogP contribution in [-0.4, -0.2) is 14.3 Å². The SMILES string of the molecule is O=C(NNS(=O)(=O)c1ccccc1F)c1ccco1. The molecular formula is C11H9FN2O4S. The van der Waals surface area contributed by atoms with Crippen LogP contribution in [0.25, 0.3) is 0 Å². The van der Waals surface area contributed by atoms with Crippen molar-refractivity contribution in [2.24, 2.45) is 0 Å². The number of sulfonamides is 1. The summed E-state index contributed by atoms with van der Waals surface area (Å²) in [4.78, 5) is 12.7. The predicted molar refractivity (Wildman–Crippen MR) is 62.9 cm³/mol. The molecular weight excluding hydrogens is 275 g/mol. The third-order valence-corrected chi connectivity index (χ3v) is 3.45. The Morgan fingerprint density at radius 2 is 1.89 bits per heavy atom. The van der Waals surface area contributed by atoms with E-state index in [2.05, 4.69) is 0 Å². The number of hydrogen-bond acceptors (Lipinski definition) is 4. The first-order valence-electron chi connectivity index (χ1n) is 5.11. The van der Waals surface area contributed by atoms with Crippen molar-refractivity contribution in [1.82, 2.24) is 10.3 Å². The van der Waals surface area contributed by atoms with Gasteiger partial charge >= 0.3 is 5.91 Å². The number of amides is 1. The average Bonchev–Trinajstić information content (AvgIpc) is 2.90. The van der Waals surface area contributed by atoms with Gasteiger partial charge in [-0.05, 0) is 24.3 Å². The topological polar surface area (TPSA) is 88.4 Å². The van der Waals surface area contributed by atoms with Crippen molar-refractivity contribution in [3.05, 3.63) is 54.2 Å². The van der Waals surface area contributed by atoms with Crippen LogP contribution in [0.1, 0.15) is 10.6 Å². The third-order valence-electron chi connectivity index (χ3n) is 2.17. The van der Waals surface area contributed by atoms with Crippen LogP contribution >= 0.6 is 0 Å². The monoisotopic (exact) mass is 284 g/mol. The predicted octanol–water partition coefficient (Wildman–Crippen LogP) is 1.04. The summed E-state index contributed by atoms with van der Waals surface area (Å²) in [6.45, 7) is 0. The summed E-state index contributed by atoms with van der Waals surface area (Å²) in [6, 6.07) is 7.63. The first kappa shape index (κ1) is 13.2. The molecule has 19 heavy (non-hydrogen) atoms. The van der Waals surface area contributed by atoms with Gasteiger partial charge in [-0.3, -0.25) is 10.2 Å². The number of carbonyl (C=O) groups excluding carboxylic acids is 1. The summed E-state index contributed by atoms with van der Waals surface area (Å²) in [6.07, 6.45) is 1.26. The number of furan rings is 1. The molecule has 0 radical (unpaired) electrons. The number of benzene rings is 1. The minimum Gasteiger partial charge on any atom is -0.459 e. The Kier molecular flexibility index (Phi) is 3.63. The lowest BCUT2D eigenvalue weighted by atomic mass is 10.4. The van der Waals surface area contributed by atoms with Crippen molar-refractivity contribution in [1.29, 1.82) is 0 Å². The molecule has 0 unspecified atom stereocenters. The highest BCUT2D eigenvalue weighted by atomic mass is 32.2. The minimum absolute atomic E-state index is 0.0729. The van der Waals surface area contributed by atoms with Crippen molar-refractivity contribution in [3.8, 4) is 0 Å². The van der Waals surface area contributed by atoms with Gasteiger partial charge in [0.05, 0.1) is 6.26 Å². The minimum atomic E-state index is -4.18. The van der Waals surface area contributed by atoms with Crippen LogP contribution in [0.3, 0.4) is 0 Å². The number of hydrazine groups is 1. The highest BCUT2D eigenvalue weighted by Gasteiger charge is 2.19. The molecule has 0 bridgehead atoms. The molecule has 0 aliphatic carbocycles. The van der Waals surface area contributed by atoms with Crippen LogP contribution < -0.4 is 10.3 Å². The summed E-state index contributed by atoms with van der Waals surface area (Å²) < 4.78 is 41.6. The maximum absolute atomic E-state index is 13.3. The summed E-state index contributed by atoms with van der Waals surface area (Å²) in [5, 5.41) is 0. The first-order chi connectivity index (χ1) is 9.00. The van der Waals surface area contributed by atoms with Crippen molar-refractivity contribution >= 4 is 15.9 Å². The second-order valence-corrected chi connectivity index (χ2v) is 5.12. The van der Waals surface area contributed by atoms with E-state index in [4.69, 9.17) is 4.42 Å². The van der Waals surface area contributed by atoms with Gasteiger partial charge in [0, 0.05) is 0 Å². The van der Waals surface area contributed by atoms with Crippen molar-refractivity contribution in [3.63, 3.8) is 0 Å². The van der Waals surface area contributed by atoms with Crippen LogP contribution in [0.5, 0.6) is 0 Å². The fraction of sp³-hybridized carbons (Fsp3) is 0. The molecule has 0 saturated heterocycles. The Bertz CT molecular complexity index is 682. The van der Waals surface area contributed by atoms with E-state index >= 15 is 0 Å². The van der Waals surface area contributed by atoms with Crippen LogP contribution in [0.4, 0.5) is 4.39 Å². The van der Waals surface area contributed by atoms with Gasteiger partial charge in [-0.1, -0.05) is 12.1 Å². The van der Waals surface area contributed by atoms with E-state index in [-0.39, 0.29) is 5.76 Å².